The Kier molecular flexibility index (Phi) is 3.07. The minimum atomic E-state index is -0.363. The summed E-state index contributed by atoms with van der Waals surface area (Å²) < 4.78 is 6.18. The molecule has 2 unspecified atom stereocenters. The van der Waals surface area contributed by atoms with E-state index in [9.17, 15) is 0 Å². The van der Waals surface area contributed by atoms with Gasteiger partial charge in [-0.2, -0.15) is 0 Å². The first-order valence-electron chi connectivity index (χ1n) is 6.70. The molecular weight excluding hydrogens is 222 g/mol. The lowest BCUT2D eigenvalue weighted by molar-refractivity contribution is -0.0814. The molecule has 0 aliphatic carbocycles. The number of rotatable bonds is 2. The van der Waals surface area contributed by atoms with E-state index in [-0.39, 0.29) is 16.7 Å². The fourth-order valence-corrected chi connectivity index (χ4v) is 3.49. The van der Waals surface area contributed by atoms with Gasteiger partial charge in [0.15, 0.2) is 0 Å². The van der Waals surface area contributed by atoms with Gasteiger partial charge in [-0.05, 0) is 46.6 Å². The van der Waals surface area contributed by atoms with Crippen molar-refractivity contribution in [3.63, 3.8) is 0 Å². The summed E-state index contributed by atoms with van der Waals surface area (Å²) in [5, 5.41) is 0. The highest BCUT2D eigenvalue weighted by Crippen LogP contribution is 2.49. The monoisotopic (exact) mass is 247 g/mol. The fourth-order valence-electron chi connectivity index (χ4n) is 3.49. The highest BCUT2D eigenvalue weighted by atomic mass is 16.5. The maximum absolute atomic E-state index is 6.66. The van der Waals surface area contributed by atoms with Crippen LogP contribution in [0.4, 0.5) is 0 Å². The van der Waals surface area contributed by atoms with E-state index in [1.807, 2.05) is 18.2 Å². The van der Waals surface area contributed by atoms with Crippen molar-refractivity contribution >= 4 is 0 Å². The summed E-state index contributed by atoms with van der Waals surface area (Å²) in [7, 11) is 0. The van der Waals surface area contributed by atoms with Crippen LogP contribution in [-0.4, -0.2) is 11.2 Å². The second kappa shape index (κ2) is 4.07. The van der Waals surface area contributed by atoms with Crippen LogP contribution < -0.4 is 5.73 Å². The van der Waals surface area contributed by atoms with Crippen molar-refractivity contribution < 1.29 is 4.74 Å². The Balaban J connectivity index is 2.36. The topological polar surface area (TPSA) is 35.2 Å². The van der Waals surface area contributed by atoms with Crippen molar-refractivity contribution in [1.29, 1.82) is 0 Å². The van der Waals surface area contributed by atoms with Crippen molar-refractivity contribution in [1.82, 2.24) is 0 Å². The van der Waals surface area contributed by atoms with Gasteiger partial charge in [-0.25, -0.2) is 0 Å². The van der Waals surface area contributed by atoms with E-state index in [2.05, 4.69) is 46.8 Å². The molecule has 1 aromatic carbocycles. The highest BCUT2D eigenvalue weighted by molar-refractivity contribution is 5.26. The molecule has 1 saturated heterocycles. The van der Waals surface area contributed by atoms with E-state index < -0.39 is 0 Å². The molecule has 2 N–H and O–H groups in total. The van der Waals surface area contributed by atoms with E-state index >= 15 is 0 Å². The van der Waals surface area contributed by atoms with Gasteiger partial charge in [0.05, 0.1) is 11.2 Å². The molecule has 0 saturated carbocycles. The van der Waals surface area contributed by atoms with Crippen LogP contribution in [0, 0.1) is 5.92 Å². The van der Waals surface area contributed by atoms with Crippen LogP contribution in [-0.2, 0) is 10.3 Å². The first-order chi connectivity index (χ1) is 8.15. The molecule has 1 heterocycles. The number of hydrogen-bond acceptors (Lipinski definition) is 2. The normalized spacial score (nSPS) is 28.9. The van der Waals surface area contributed by atoms with E-state index in [1.54, 1.807) is 0 Å². The molecule has 1 aromatic rings. The van der Waals surface area contributed by atoms with Gasteiger partial charge < -0.3 is 10.5 Å². The third kappa shape index (κ3) is 2.32. The molecule has 1 fully saturated rings. The number of nitrogens with two attached hydrogens (primary N) is 1. The minimum absolute atomic E-state index is 0.0937. The largest absolute Gasteiger partial charge is 0.369 e. The van der Waals surface area contributed by atoms with Crippen LogP contribution in [0.25, 0.3) is 0 Å². The number of benzene rings is 1. The molecule has 2 atom stereocenters. The van der Waals surface area contributed by atoms with Crippen LogP contribution in [0.5, 0.6) is 0 Å². The summed E-state index contributed by atoms with van der Waals surface area (Å²) >= 11 is 0. The molecule has 2 rings (SSSR count). The Labute approximate surface area is 111 Å². The predicted octanol–water partition coefficient (Wildman–Crippen LogP) is 3.45. The lowest BCUT2D eigenvalue weighted by atomic mass is 9.70. The zero-order chi connectivity index (χ0) is 13.6. The van der Waals surface area contributed by atoms with Crippen LogP contribution in [0.3, 0.4) is 0 Å². The number of ether oxygens (including phenoxy) is 1. The van der Waals surface area contributed by atoms with E-state index in [4.69, 9.17) is 10.5 Å². The van der Waals surface area contributed by atoms with Crippen LogP contribution in [0.2, 0.25) is 0 Å². The fraction of sp³-hybridized carbons (Fsp3) is 0.625. The summed E-state index contributed by atoms with van der Waals surface area (Å²) in [6.07, 6.45) is 0.988. The standard InChI is InChI=1S/C16H25NO/c1-14(2)11-13(15(3,4)18-14)16(5,17)12-9-7-6-8-10-12/h6-10,13H,11,17H2,1-5H3. The highest BCUT2D eigenvalue weighted by Gasteiger charge is 2.52. The molecule has 2 heteroatoms. The van der Waals surface area contributed by atoms with Gasteiger partial charge in [0.2, 0.25) is 0 Å². The molecular formula is C16H25NO. The van der Waals surface area contributed by atoms with Crippen LogP contribution >= 0.6 is 0 Å². The van der Waals surface area contributed by atoms with Gasteiger partial charge in [-0.3, -0.25) is 0 Å². The van der Waals surface area contributed by atoms with Crippen molar-refractivity contribution in [3.8, 4) is 0 Å². The van der Waals surface area contributed by atoms with Gasteiger partial charge in [-0.15, -0.1) is 0 Å². The van der Waals surface area contributed by atoms with Gasteiger partial charge in [0.1, 0.15) is 0 Å². The predicted molar refractivity (Wildman–Crippen MR) is 75.3 cm³/mol. The van der Waals surface area contributed by atoms with Crippen molar-refractivity contribution in [2.45, 2.75) is 57.8 Å². The summed E-state index contributed by atoms with van der Waals surface area (Å²) in [5.74, 6) is 0.308. The molecule has 0 radical (unpaired) electrons. The third-order valence-corrected chi connectivity index (χ3v) is 4.19. The molecule has 0 spiro atoms. The second-order valence-corrected chi connectivity index (χ2v) is 6.87. The van der Waals surface area contributed by atoms with Crippen LogP contribution in [0.1, 0.15) is 46.6 Å². The molecule has 1 aliphatic rings. The Hall–Kier alpha value is -0.860. The van der Waals surface area contributed by atoms with Crippen molar-refractivity contribution in [3.05, 3.63) is 35.9 Å². The molecule has 0 aromatic heterocycles. The molecule has 100 valence electrons. The second-order valence-electron chi connectivity index (χ2n) is 6.87. The summed E-state index contributed by atoms with van der Waals surface area (Å²) in [6, 6.07) is 10.4. The zero-order valence-electron chi connectivity index (χ0n) is 12.2. The summed E-state index contributed by atoms with van der Waals surface area (Å²) in [5.41, 5.74) is 7.20. The first kappa shape index (κ1) is 13.6. The van der Waals surface area contributed by atoms with Gasteiger partial charge in [0.25, 0.3) is 0 Å². The SMILES string of the molecule is CC1(C)CC(C(C)(N)c2ccccc2)C(C)(C)O1. The maximum atomic E-state index is 6.66. The average Bonchev–Trinajstić information content (AvgIpc) is 2.48. The Bertz CT molecular complexity index is 420. The average molecular weight is 247 g/mol. The summed E-state index contributed by atoms with van der Waals surface area (Å²) in [4.78, 5) is 0. The van der Waals surface area contributed by atoms with Crippen LogP contribution in [0.15, 0.2) is 30.3 Å². The van der Waals surface area contributed by atoms with E-state index in [0.29, 0.717) is 5.92 Å². The molecule has 0 amide bonds. The maximum Gasteiger partial charge on any atom is 0.0683 e. The molecule has 18 heavy (non-hydrogen) atoms. The smallest absolute Gasteiger partial charge is 0.0683 e. The molecule has 2 nitrogen and oxygen atoms in total. The summed E-state index contributed by atoms with van der Waals surface area (Å²) in [6.45, 7) is 10.7. The lowest BCUT2D eigenvalue weighted by Gasteiger charge is -2.39. The lowest BCUT2D eigenvalue weighted by Crippen LogP contribution is -2.48. The van der Waals surface area contributed by atoms with E-state index in [1.165, 1.54) is 5.56 Å². The third-order valence-electron chi connectivity index (χ3n) is 4.19. The van der Waals surface area contributed by atoms with Crippen molar-refractivity contribution in [2.75, 3.05) is 0 Å². The minimum Gasteiger partial charge on any atom is -0.369 e. The molecule has 0 bridgehead atoms. The Morgan fingerprint density at radius 3 is 2.17 bits per heavy atom. The zero-order valence-corrected chi connectivity index (χ0v) is 12.2. The quantitative estimate of drug-likeness (QED) is 0.868. The first-order valence-corrected chi connectivity index (χ1v) is 6.70. The van der Waals surface area contributed by atoms with Gasteiger partial charge in [0, 0.05) is 11.5 Å². The van der Waals surface area contributed by atoms with E-state index in [0.717, 1.165) is 6.42 Å². The van der Waals surface area contributed by atoms with Gasteiger partial charge in [-0.1, -0.05) is 30.3 Å². The van der Waals surface area contributed by atoms with Crippen molar-refractivity contribution in [2.24, 2.45) is 11.7 Å². The Morgan fingerprint density at radius 1 is 1.17 bits per heavy atom. The molecule has 1 aliphatic heterocycles. The van der Waals surface area contributed by atoms with Gasteiger partial charge >= 0.3 is 0 Å². The number of hydrogen-bond donors (Lipinski definition) is 1. The Morgan fingerprint density at radius 2 is 1.72 bits per heavy atom.